The molecular weight excluding hydrogens is 454 g/mol. The van der Waals surface area contributed by atoms with Gasteiger partial charge in [0.1, 0.15) is 0 Å². The van der Waals surface area contributed by atoms with Crippen LogP contribution in [0.3, 0.4) is 0 Å². The van der Waals surface area contributed by atoms with Gasteiger partial charge in [0.2, 0.25) is 5.91 Å². The first-order valence-electron chi connectivity index (χ1n) is 10.7. The van der Waals surface area contributed by atoms with Gasteiger partial charge in [0.05, 0.1) is 43.7 Å². The molecule has 0 atom stereocenters. The molecule has 1 aliphatic rings. The van der Waals surface area contributed by atoms with E-state index in [1.807, 2.05) is 0 Å². The lowest BCUT2D eigenvalue weighted by molar-refractivity contribution is -0.117. The van der Waals surface area contributed by atoms with Crippen molar-refractivity contribution in [1.82, 2.24) is 25.5 Å². The molecule has 1 fully saturated rings. The van der Waals surface area contributed by atoms with Crippen LogP contribution in [0.25, 0.3) is 11.3 Å². The number of anilines is 3. The maximum absolute atomic E-state index is 12.4. The molecule has 12 nitrogen and oxygen atoms in total. The Bertz CT molecular complexity index is 1280. The van der Waals surface area contributed by atoms with E-state index >= 15 is 0 Å². The Kier molecular flexibility index (Phi) is 6.81. The van der Waals surface area contributed by atoms with E-state index in [1.54, 1.807) is 18.2 Å². The molecule has 2 heterocycles. The second-order valence-electron chi connectivity index (χ2n) is 7.62. The first-order valence-corrected chi connectivity index (χ1v) is 10.7. The van der Waals surface area contributed by atoms with Gasteiger partial charge in [-0.3, -0.25) is 14.6 Å². The van der Waals surface area contributed by atoms with Crippen LogP contribution in [0.1, 0.15) is 33.8 Å². The van der Waals surface area contributed by atoms with E-state index in [2.05, 4.69) is 40.9 Å². The van der Waals surface area contributed by atoms with Gasteiger partial charge < -0.3 is 25.4 Å². The van der Waals surface area contributed by atoms with Crippen molar-refractivity contribution >= 4 is 35.0 Å². The molecular formula is C23H23N7O5. The lowest BCUT2D eigenvalue weighted by atomic mass is 10.1. The van der Waals surface area contributed by atoms with Gasteiger partial charge in [0.25, 0.3) is 5.91 Å². The average molecular weight is 477 g/mol. The van der Waals surface area contributed by atoms with Crippen molar-refractivity contribution in [3.05, 3.63) is 48.0 Å². The summed E-state index contributed by atoms with van der Waals surface area (Å²) in [7, 11) is 4.24. The van der Waals surface area contributed by atoms with Crippen LogP contribution in [-0.4, -0.2) is 59.2 Å². The van der Waals surface area contributed by atoms with Crippen molar-refractivity contribution in [3.8, 4) is 17.0 Å². The highest BCUT2D eigenvalue weighted by molar-refractivity contribution is 6.00. The summed E-state index contributed by atoms with van der Waals surface area (Å²) >= 11 is 0. The lowest BCUT2D eigenvalue weighted by Gasteiger charge is -2.16. The van der Waals surface area contributed by atoms with Gasteiger partial charge in [-0.15, -0.1) is 10.2 Å². The Labute approximate surface area is 200 Å². The van der Waals surface area contributed by atoms with Crippen LogP contribution in [0.2, 0.25) is 0 Å². The van der Waals surface area contributed by atoms with E-state index in [4.69, 9.17) is 4.74 Å². The number of rotatable bonds is 8. The molecule has 12 heteroatoms. The van der Waals surface area contributed by atoms with Crippen LogP contribution in [0.15, 0.2) is 36.7 Å². The van der Waals surface area contributed by atoms with Gasteiger partial charge in [-0.25, -0.2) is 9.78 Å². The number of carbonyl (C=O) groups is 3. The minimum atomic E-state index is -0.595. The first kappa shape index (κ1) is 23.5. The average Bonchev–Trinajstić information content (AvgIpc) is 3.74. The number of para-hydroxylation sites is 1. The number of esters is 1. The van der Waals surface area contributed by atoms with Gasteiger partial charge in [0, 0.05) is 24.6 Å². The predicted octanol–water partition coefficient (Wildman–Crippen LogP) is 2.18. The second kappa shape index (κ2) is 10.1. The molecule has 0 unspecified atom stereocenters. The molecule has 2 amide bonds. The van der Waals surface area contributed by atoms with E-state index in [0.717, 1.165) is 12.8 Å². The zero-order chi connectivity index (χ0) is 24.9. The Morgan fingerprint density at radius 2 is 1.83 bits per heavy atom. The number of ether oxygens (including phenoxy) is 2. The van der Waals surface area contributed by atoms with Gasteiger partial charge >= 0.3 is 5.97 Å². The van der Waals surface area contributed by atoms with E-state index in [-0.39, 0.29) is 29.0 Å². The third-order valence-electron chi connectivity index (χ3n) is 5.25. The van der Waals surface area contributed by atoms with Gasteiger partial charge in [-0.05, 0) is 25.0 Å². The molecule has 1 aromatic carbocycles. The van der Waals surface area contributed by atoms with Crippen LogP contribution in [0.5, 0.6) is 5.75 Å². The molecule has 0 radical (unpaired) electrons. The highest BCUT2D eigenvalue weighted by atomic mass is 16.5. The van der Waals surface area contributed by atoms with Crippen LogP contribution >= 0.6 is 0 Å². The van der Waals surface area contributed by atoms with E-state index < -0.39 is 11.9 Å². The Hall–Kier alpha value is -4.61. The number of hydrogen-bond acceptors (Lipinski definition) is 10. The molecule has 4 rings (SSSR count). The van der Waals surface area contributed by atoms with Crippen molar-refractivity contribution in [2.24, 2.45) is 5.92 Å². The van der Waals surface area contributed by atoms with Crippen LogP contribution in [0.4, 0.5) is 17.2 Å². The number of hydrogen-bond donors (Lipinski definition) is 3. The van der Waals surface area contributed by atoms with Crippen molar-refractivity contribution < 1.29 is 23.9 Å². The lowest BCUT2D eigenvalue weighted by Crippen LogP contribution is -2.22. The molecule has 0 spiro atoms. The maximum atomic E-state index is 12.4. The number of carbonyl (C=O) groups excluding carboxylic acids is 3. The highest BCUT2D eigenvalue weighted by Gasteiger charge is 2.30. The molecule has 1 saturated carbocycles. The number of nitrogens with one attached hydrogen (secondary N) is 3. The molecule has 35 heavy (non-hydrogen) atoms. The summed E-state index contributed by atoms with van der Waals surface area (Å²) in [5, 5.41) is 16.4. The Morgan fingerprint density at radius 3 is 2.46 bits per heavy atom. The monoisotopic (exact) mass is 477 g/mol. The number of methoxy groups -OCH3 is 2. The van der Waals surface area contributed by atoms with E-state index in [0.29, 0.717) is 28.4 Å². The molecule has 2 aromatic heterocycles. The fourth-order valence-electron chi connectivity index (χ4n) is 3.29. The SMILES string of the molecule is CNC(=O)c1nnc(NC(=O)C2CC2)cc1Nc1cccc(-c2cnc(C(=O)OC)cn2)c1OC. The Balaban J connectivity index is 1.69. The van der Waals surface area contributed by atoms with E-state index in [9.17, 15) is 14.4 Å². The van der Waals surface area contributed by atoms with Crippen LogP contribution in [-0.2, 0) is 9.53 Å². The molecule has 3 N–H and O–H groups in total. The van der Waals surface area contributed by atoms with Gasteiger partial charge in [0.15, 0.2) is 23.0 Å². The number of nitrogens with zero attached hydrogens (tertiary/aromatic N) is 4. The summed E-state index contributed by atoms with van der Waals surface area (Å²) in [4.78, 5) is 44.6. The second-order valence-corrected chi connectivity index (χ2v) is 7.62. The molecule has 1 aliphatic carbocycles. The fraction of sp³-hybridized carbons (Fsp3) is 0.261. The van der Waals surface area contributed by atoms with Crippen molar-refractivity contribution in [2.45, 2.75) is 12.8 Å². The summed E-state index contributed by atoms with van der Waals surface area (Å²) in [6.07, 6.45) is 4.43. The van der Waals surface area contributed by atoms with Crippen molar-refractivity contribution in [2.75, 3.05) is 31.9 Å². The first-order chi connectivity index (χ1) is 16.9. The third kappa shape index (κ3) is 5.16. The zero-order valence-electron chi connectivity index (χ0n) is 19.3. The largest absolute Gasteiger partial charge is 0.494 e. The number of benzene rings is 1. The summed E-state index contributed by atoms with van der Waals surface area (Å²) in [5.74, 6) is -0.573. The van der Waals surface area contributed by atoms with Crippen LogP contribution in [0, 0.1) is 5.92 Å². The van der Waals surface area contributed by atoms with Crippen molar-refractivity contribution in [1.29, 1.82) is 0 Å². The van der Waals surface area contributed by atoms with Crippen LogP contribution < -0.4 is 20.7 Å². The molecule has 180 valence electrons. The number of aromatic nitrogens is 4. The standard InChI is InChI=1S/C23H23N7O5/c1-24-22(32)19-15(9-18(29-30-19)28-21(31)12-7-8-12)27-14-6-4-5-13(20(14)34-2)16-10-26-17(11-25-16)23(33)35-3/h4-6,9-12H,7-8H2,1-3H3,(H,24,32)(H2,27,28,29,31). The minimum absolute atomic E-state index is 0.0183. The van der Waals surface area contributed by atoms with Gasteiger partial charge in [-0.1, -0.05) is 6.07 Å². The number of amides is 2. The van der Waals surface area contributed by atoms with Crippen molar-refractivity contribution in [3.63, 3.8) is 0 Å². The third-order valence-corrected chi connectivity index (χ3v) is 5.25. The smallest absolute Gasteiger partial charge is 0.358 e. The Morgan fingerprint density at radius 1 is 1.03 bits per heavy atom. The van der Waals surface area contributed by atoms with Gasteiger partial charge in [-0.2, -0.15) is 0 Å². The molecule has 0 saturated heterocycles. The predicted molar refractivity (Wildman–Crippen MR) is 125 cm³/mol. The maximum Gasteiger partial charge on any atom is 0.358 e. The quantitative estimate of drug-likeness (QED) is 0.411. The summed E-state index contributed by atoms with van der Waals surface area (Å²) in [5.41, 5.74) is 1.96. The van der Waals surface area contributed by atoms with E-state index in [1.165, 1.54) is 39.7 Å². The fourth-order valence-corrected chi connectivity index (χ4v) is 3.29. The molecule has 0 bridgehead atoms. The molecule has 0 aliphatic heterocycles. The zero-order valence-corrected chi connectivity index (χ0v) is 19.3. The minimum Gasteiger partial charge on any atom is -0.494 e. The topological polar surface area (TPSA) is 157 Å². The highest BCUT2D eigenvalue weighted by Crippen LogP contribution is 2.37. The summed E-state index contributed by atoms with van der Waals surface area (Å²) in [6, 6.07) is 6.82. The summed E-state index contributed by atoms with van der Waals surface area (Å²) < 4.78 is 10.3. The molecule has 3 aromatic rings. The normalized spacial score (nSPS) is 12.4. The summed E-state index contributed by atoms with van der Waals surface area (Å²) in [6.45, 7) is 0.